The van der Waals surface area contributed by atoms with E-state index in [4.69, 9.17) is 0 Å². The van der Waals surface area contributed by atoms with Crippen molar-refractivity contribution in [2.45, 2.75) is 20.3 Å². The largest absolute Gasteiger partial charge is 0.543 e. The maximum Gasteiger partial charge on any atom is 0.221 e. The molecule has 0 saturated heterocycles. The van der Waals surface area contributed by atoms with Crippen LogP contribution in [0.4, 0.5) is 0 Å². The van der Waals surface area contributed by atoms with Gasteiger partial charge in [0.05, 0.1) is 11.7 Å². The van der Waals surface area contributed by atoms with Crippen molar-refractivity contribution in [3.63, 3.8) is 0 Å². The predicted octanol–water partition coefficient (Wildman–Crippen LogP) is 0.537. The maximum absolute atomic E-state index is 10.8. The molecule has 1 heterocycles. The fourth-order valence-electron chi connectivity index (χ4n) is 1.14. The highest BCUT2D eigenvalue weighted by molar-refractivity contribution is 7.12. The lowest BCUT2D eigenvalue weighted by Crippen LogP contribution is -2.34. The second-order valence-electron chi connectivity index (χ2n) is 3.18. The SMILES string of the molecule is CCc1ccc(/C=C(/NC(C)=O)C(=O)[O-])s1. The monoisotopic (exact) mass is 238 g/mol. The predicted molar refractivity (Wildman–Crippen MR) is 60.5 cm³/mol. The van der Waals surface area contributed by atoms with E-state index in [1.807, 2.05) is 19.1 Å². The Hall–Kier alpha value is -1.62. The molecule has 1 rings (SSSR count). The number of hydrogen-bond acceptors (Lipinski definition) is 4. The fraction of sp³-hybridized carbons (Fsp3) is 0.273. The third kappa shape index (κ3) is 3.51. The summed E-state index contributed by atoms with van der Waals surface area (Å²) in [7, 11) is 0. The summed E-state index contributed by atoms with van der Waals surface area (Å²) in [6.07, 6.45) is 2.31. The van der Waals surface area contributed by atoms with Crippen molar-refractivity contribution in [1.29, 1.82) is 0 Å². The van der Waals surface area contributed by atoms with Crippen LogP contribution in [0.2, 0.25) is 0 Å². The lowest BCUT2D eigenvalue weighted by atomic mass is 10.3. The van der Waals surface area contributed by atoms with Gasteiger partial charge in [-0.25, -0.2) is 0 Å². The third-order valence-corrected chi connectivity index (χ3v) is 3.02. The van der Waals surface area contributed by atoms with Crippen molar-refractivity contribution in [2.24, 2.45) is 0 Å². The van der Waals surface area contributed by atoms with Gasteiger partial charge in [0, 0.05) is 16.7 Å². The normalized spacial score (nSPS) is 11.2. The Balaban J connectivity index is 2.92. The average molecular weight is 238 g/mol. The van der Waals surface area contributed by atoms with Gasteiger partial charge in [-0.05, 0) is 24.6 Å². The molecule has 0 aliphatic heterocycles. The zero-order valence-corrected chi connectivity index (χ0v) is 9.89. The molecule has 86 valence electrons. The highest BCUT2D eigenvalue weighted by Crippen LogP contribution is 2.19. The lowest BCUT2D eigenvalue weighted by Gasteiger charge is -2.07. The molecule has 16 heavy (non-hydrogen) atoms. The van der Waals surface area contributed by atoms with Crippen LogP contribution >= 0.6 is 11.3 Å². The number of thiophene rings is 1. The van der Waals surface area contributed by atoms with Crippen molar-refractivity contribution in [1.82, 2.24) is 5.32 Å². The number of carbonyl (C=O) groups excluding carboxylic acids is 2. The Morgan fingerprint density at radius 1 is 1.50 bits per heavy atom. The molecule has 1 aromatic heterocycles. The highest BCUT2D eigenvalue weighted by atomic mass is 32.1. The summed E-state index contributed by atoms with van der Waals surface area (Å²) in [4.78, 5) is 23.4. The maximum atomic E-state index is 10.8. The summed E-state index contributed by atoms with van der Waals surface area (Å²) in [6.45, 7) is 3.27. The minimum atomic E-state index is -1.39. The summed E-state index contributed by atoms with van der Waals surface area (Å²) < 4.78 is 0. The molecule has 0 aromatic carbocycles. The summed E-state index contributed by atoms with van der Waals surface area (Å²) in [5.74, 6) is -1.82. The molecule has 0 spiro atoms. The van der Waals surface area contributed by atoms with Gasteiger partial charge in [-0.1, -0.05) is 6.92 Å². The van der Waals surface area contributed by atoms with Gasteiger partial charge in [-0.15, -0.1) is 11.3 Å². The zero-order chi connectivity index (χ0) is 12.1. The smallest absolute Gasteiger partial charge is 0.221 e. The van der Waals surface area contributed by atoms with Crippen molar-refractivity contribution in [3.05, 3.63) is 27.6 Å². The molecule has 5 heteroatoms. The highest BCUT2D eigenvalue weighted by Gasteiger charge is 2.02. The van der Waals surface area contributed by atoms with Gasteiger partial charge in [-0.2, -0.15) is 0 Å². The van der Waals surface area contributed by atoms with E-state index in [-0.39, 0.29) is 5.70 Å². The number of nitrogens with one attached hydrogen (secondary N) is 1. The molecular weight excluding hydrogens is 226 g/mol. The van der Waals surface area contributed by atoms with Gasteiger partial charge in [-0.3, -0.25) is 4.79 Å². The first-order chi connectivity index (χ1) is 7.52. The van der Waals surface area contributed by atoms with Crippen molar-refractivity contribution < 1.29 is 14.7 Å². The molecule has 0 fully saturated rings. The summed E-state index contributed by atoms with van der Waals surface area (Å²) in [5, 5.41) is 12.9. The Labute approximate surface area is 97.6 Å². The van der Waals surface area contributed by atoms with Gasteiger partial charge in [0.2, 0.25) is 5.91 Å². The Morgan fingerprint density at radius 3 is 2.62 bits per heavy atom. The van der Waals surface area contributed by atoms with E-state index in [1.165, 1.54) is 24.3 Å². The first kappa shape index (κ1) is 12.4. The minimum absolute atomic E-state index is 0.211. The van der Waals surface area contributed by atoms with Crippen LogP contribution in [0.1, 0.15) is 23.6 Å². The van der Waals surface area contributed by atoms with E-state index in [0.717, 1.165) is 16.2 Å². The fourth-order valence-corrected chi connectivity index (χ4v) is 2.04. The summed E-state index contributed by atoms with van der Waals surface area (Å²) in [5.41, 5.74) is -0.211. The van der Waals surface area contributed by atoms with Gasteiger partial charge in [0.1, 0.15) is 0 Å². The van der Waals surface area contributed by atoms with Crippen LogP contribution in [0.5, 0.6) is 0 Å². The molecule has 0 saturated carbocycles. The quantitative estimate of drug-likeness (QED) is 0.778. The Kier molecular flexibility index (Phi) is 4.25. The second kappa shape index (κ2) is 5.46. The van der Waals surface area contributed by atoms with Crippen molar-refractivity contribution in [3.8, 4) is 0 Å². The molecule has 4 nitrogen and oxygen atoms in total. The molecule has 0 unspecified atom stereocenters. The number of carbonyl (C=O) groups is 2. The number of amides is 1. The molecule has 1 amide bonds. The molecule has 1 N–H and O–H groups in total. The first-order valence-electron chi connectivity index (χ1n) is 4.82. The van der Waals surface area contributed by atoms with Gasteiger partial charge in [0.15, 0.2) is 0 Å². The number of aryl methyl sites for hydroxylation is 1. The number of carboxylic acid groups (broad SMARTS) is 1. The van der Waals surface area contributed by atoms with Gasteiger partial charge >= 0.3 is 0 Å². The van der Waals surface area contributed by atoms with E-state index >= 15 is 0 Å². The number of rotatable bonds is 4. The van der Waals surface area contributed by atoms with Crippen LogP contribution in [0.3, 0.4) is 0 Å². The lowest BCUT2D eigenvalue weighted by molar-refractivity contribution is -0.299. The molecule has 0 radical (unpaired) electrons. The standard InChI is InChI=1S/C11H13NO3S/c1-3-8-4-5-9(16-8)6-10(11(14)15)12-7(2)13/h4-6H,3H2,1-2H3,(H,12,13)(H,14,15)/p-1/b10-6+. The van der Waals surface area contributed by atoms with Crippen LogP contribution in [0.15, 0.2) is 17.8 Å². The summed E-state index contributed by atoms with van der Waals surface area (Å²) in [6, 6.07) is 3.74. The van der Waals surface area contributed by atoms with Crippen LogP contribution in [0, 0.1) is 0 Å². The van der Waals surface area contributed by atoms with Gasteiger partial charge in [0.25, 0.3) is 0 Å². The van der Waals surface area contributed by atoms with Gasteiger partial charge < -0.3 is 15.2 Å². The molecule has 0 aliphatic carbocycles. The number of hydrogen-bond donors (Lipinski definition) is 1. The minimum Gasteiger partial charge on any atom is -0.543 e. The van der Waals surface area contributed by atoms with Crippen LogP contribution in [-0.2, 0) is 16.0 Å². The third-order valence-electron chi connectivity index (χ3n) is 1.85. The van der Waals surface area contributed by atoms with E-state index in [2.05, 4.69) is 5.32 Å². The molecule has 0 bridgehead atoms. The van der Waals surface area contributed by atoms with E-state index in [0.29, 0.717) is 0 Å². The summed E-state index contributed by atoms with van der Waals surface area (Å²) >= 11 is 1.49. The van der Waals surface area contributed by atoms with E-state index in [9.17, 15) is 14.7 Å². The Morgan fingerprint density at radius 2 is 2.19 bits per heavy atom. The Bertz CT molecular complexity index is 434. The van der Waals surface area contributed by atoms with Crippen molar-refractivity contribution >= 4 is 29.3 Å². The molecule has 0 aliphatic rings. The molecule has 1 aromatic rings. The average Bonchev–Trinajstić information content (AvgIpc) is 2.63. The second-order valence-corrected chi connectivity index (χ2v) is 4.38. The number of carboxylic acids is 1. The topological polar surface area (TPSA) is 69.2 Å². The van der Waals surface area contributed by atoms with Crippen molar-refractivity contribution in [2.75, 3.05) is 0 Å². The van der Waals surface area contributed by atoms with Crippen LogP contribution in [0.25, 0.3) is 6.08 Å². The van der Waals surface area contributed by atoms with E-state index < -0.39 is 11.9 Å². The molecule has 0 atom stereocenters. The number of aliphatic carboxylic acids is 1. The molecular formula is C11H12NO3S-. The first-order valence-corrected chi connectivity index (χ1v) is 5.64. The van der Waals surface area contributed by atoms with Crippen LogP contribution in [-0.4, -0.2) is 11.9 Å². The zero-order valence-electron chi connectivity index (χ0n) is 9.07. The van der Waals surface area contributed by atoms with Crippen LogP contribution < -0.4 is 10.4 Å². The van der Waals surface area contributed by atoms with E-state index in [1.54, 1.807) is 0 Å².